The SMILES string of the molecule is CC(C)c1nc2c(CO)cccc2s1. The molecule has 2 aromatic rings. The van der Waals surface area contributed by atoms with E-state index in [9.17, 15) is 0 Å². The van der Waals surface area contributed by atoms with Crippen molar-refractivity contribution in [2.75, 3.05) is 0 Å². The van der Waals surface area contributed by atoms with Gasteiger partial charge in [0.1, 0.15) is 0 Å². The first-order valence-electron chi connectivity index (χ1n) is 4.71. The Morgan fingerprint density at radius 1 is 1.43 bits per heavy atom. The van der Waals surface area contributed by atoms with Crippen molar-refractivity contribution in [3.8, 4) is 0 Å². The van der Waals surface area contributed by atoms with Crippen LogP contribution in [-0.2, 0) is 6.61 Å². The molecule has 74 valence electrons. The molecular weight excluding hydrogens is 194 g/mol. The van der Waals surface area contributed by atoms with Gasteiger partial charge in [0.2, 0.25) is 0 Å². The Morgan fingerprint density at radius 3 is 2.86 bits per heavy atom. The number of hydrogen-bond acceptors (Lipinski definition) is 3. The van der Waals surface area contributed by atoms with E-state index in [0.29, 0.717) is 5.92 Å². The van der Waals surface area contributed by atoms with Crippen LogP contribution in [0.2, 0.25) is 0 Å². The molecule has 0 saturated heterocycles. The Balaban J connectivity index is 2.64. The zero-order valence-corrected chi connectivity index (χ0v) is 9.14. The third-order valence-electron chi connectivity index (χ3n) is 2.18. The summed E-state index contributed by atoms with van der Waals surface area (Å²) < 4.78 is 1.17. The van der Waals surface area contributed by atoms with Crippen LogP contribution in [0.25, 0.3) is 10.2 Å². The molecule has 1 aromatic carbocycles. The minimum Gasteiger partial charge on any atom is -0.392 e. The zero-order valence-electron chi connectivity index (χ0n) is 8.32. The summed E-state index contributed by atoms with van der Waals surface area (Å²) in [5, 5.41) is 10.3. The van der Waals surface area contributed by atoms with E-state index in [0.717, 1.165) is 16.1 Å². The standard InChI is InChI=1S/C11H13NOS/c1-7(2)11-12-10-8(6-13)4-3-5-9(10)14-11/h3-5,7,13H,6H2,1-2H3. The monoisotopic (exact) mass is 207 g/mol. The molecule has 2 nitrogen and oxygen atoms in total. The first kappa shape index (κ1) is 9.62. The van der Waals surface area contributed by atoms with Gasteiger partial charge in [0.05, 0.1) is 21.8 Å². The van der Waals surface area contributed by atoms with Gasteiger partial charge < -0.3 is 5.11 Å². The molecule has 0 radical (unpaired) electrons. The summed E-state index contributed by atoms with van der Waals surface area (Å²) in [5.41, 5.74) is 1.88. The van der Waals surface area contributed by atoms with Gasteiger partial charge in [-0.15, -0.1) is 11.3 Å². The number of rotatable bonds is 2. The fraction of sp³-hybridized carbons (Fsp3) is 0.364. The second kappa shape index (κ2) is 3.67. The van der Waals surface area contributed by atoms with E-state index in [1.807, 2.05) is 12.1 Å². The Morgan fingerprint density at radius 2 is 2.21 bits per heavy atom. The average Bonchev–Trinajstić information content (AvgIpc) is 2.60. The molecule has 1 heterocycles. The summed E-state index contributed by atoms with van der Waals surface area (Å²) >= 11 is 1.71. The smallest absolute Gasteiger partial charge is 0.0964 e. The lowest BCUT2D eigenvalue weighted by atomic mass is 10.2. The van der Waals surface area contributed by atoms with Gasteiger partial charge in [0.25, 0.3) is 0 Å². The number of hydrogen-bond donors (Lipinski definition) is 1. The normalized spacial score (nSPS) is 11.4. The largest absolute Gasteiger partial charge is 0.392 e. The molecule has 0 amide bonds. The highest BCUT2D eigenvalue weighted by molar-refractivity contribution is 7.18. The fourth-order valence-electron chi connectivity index (χ4n) is 1.40. The lowest BCUT2D eigenvalue weighted by Crippen LogP contribution is -1.87. The van der Waals surface area contributed by atoms with E-state index in [2.05, 4.69) is 24.9 Å². The van der Waals surface area contributed by atoms with Crippen LogP contribution in [0, 0.1) is 0 Å². The van der Waals surface area contributed by atoms with Crippen molar-refractivity contribution >= 4 is 21.6 Å². The van der Waals surface area contributed by atoms with Crippen molar-refractivity contribution < 1.29 is 5.11 Å². The molecule has 14 heavy (non-hydrogen) atoms. The van der Waals surface area contributed by atoms with Crippen molar-refractivity contribution in [1.29, 1.82) is 0 Å². The van der Waals surface area contributed by atoms with E-state index < -0.39 is 0 Å². The summed E-state index contributed by atoms with van der Waals surface area (Å²) in [6.07, 6.45) is 0. The maximum Gasteiger partial charge on any atom is 0.0964 e. The maximum atomic E-state index is 9.15. The molecular formula is C11H13NOS. The molecule has 3 heteroatoms. The molecule has 0 aliphatic heterocycles. The third kappa shape index (κ3) is 1.53. The predicted molar refractivity (Wildman–Crippen MR) is 59.6 cm³/mol. The van der Waals surface area contributed by atoms with E-state index in [1.54, 1.807) is 11.3 Å². The molecule has 0 saturated carbocycles. The molecule has 0 spiro atoms. The van der Waals surface area contributed by atoms with Crippen molar-refractivity contribution in [3.63, 3.8) is 0 Å². The molecule has 0 aliphatic carbocycles. The van der Waals surface area contributed by atoms with Gasteiger partial charge in [-0.1, -0.05) is 26.0 Å². The van der Waals surface area contributed by atoms with Crippen LogP contribution in [-0.4, -0.2) is 10.1 Å². The number of aliphatic hydroxyl groups excluding tert-OH is 1. The highest BCUT2D eigenvalue weighted by Gasteiger charge is 2.09. The average molecular weight is 207 g/mol. The summed E-state index contributed by atoms with van der Waals surface area (Å²) in [6, 6.07) is 5.94. The number of nitrogens with zero attached hydrogens (tertiary/aromatic N) is 1. The van der Waals surface area contributed by atoms with Crippen molar-refractivity contribution in [2.45, 2.75) is 26.4 Å². The lowest BCUT2D eigenvalue weighted by molar-refractivity contribution is 0.283. The Hall–Kier alpha value is -0.930. The quantitative estimate of drug-likeness (QED) is 0.821. The molecule has 0 bridgehead atoms. The predicted octanol–water partition coefficient (Wildman–Crippen LogP) is 2.91. The highest BCUT2D eigenvalue weighted by atomic mass is 32.1. The van der Waals surface area contributed by atoms with Crippen LogP contribution in [0.3, 0.4) is 0 Å². The van der Waals surface area contributed by atoms with Crippen LogP contribution in [0.15, 0.2) is 18.2 Å². The van der Waals surface area contributed by atoms with Gasteiger partial charge in [0, 0.05) is 11.5 Å². The third-order valence-corrected chi connectivity index (χ3v) is 3.50. The molecule has 0 unspecified atom stereocenters. The number of fused-ring (bicyclic) bond motifs is 1. The Bertz CT molecular complexity index is 447. The van der Waals surface area contributed by atoms with Crippen LogP contribution in [0.1, 0.15) is 30.3 Å². The number of aliphatic hydroxyl groups is 1. The van der Waals surface area contributed by atoms with E-state index in [-0.39, 0.29) is 6.61 Å². The van der Waals surface area contributed by atoms with Crippen molar-refractivity contribution in [3.05, 3.63) is 28.8 Å². The minimum absolute atomic E-state index is 0.0681. The van der Waals surface area contributed by atoms with Gasteiger partial charge >= 0.3 is 0 Å². The van der Waals surface area contributed by atoms with Gasteiger partial charge in [-0.05, 0) is 6.07 Å². The minimum atomic E-state index is 0.0681. The van der Waals surface area contributed by atoms with E-state index in [4.69, 9.17) is 5.11 Å². The topological polar surface area (TPSA) is 33.1 Å². The van der Waals surface area contributed by atoms with Crippen LogP contribution in [0.5, 0.6) is 0 Å². The highest BCUT2D eigenvalue weighted by Crippen LogP contribution is 2.29. The van der Waals surface area contributed by atoms with Gasteiger partial charge in [-0.2, -0.15) is 0 Å². The lowest BCUT2D eigenvalue weighted by Gasteiger charge is -1.96. The van der Waals surface area contributed by atoms with Crippen LogP contribution in [0.4, 0.5) is 0 Å². The zero-order chi connectivity index (χ0) is 10.1. The summed E-state index contributed by atoms with van der Waals surface area (Å²) in [7, 11) is 0. The van der Waals surface area contributed by atoms with Crippen molar-refractivity contribution in [1.82, 2.24) is 4.98 Å². The van der Waals surface area contributed by atoms with Gasteiger partial charge in [-0.3, -0.25) is 0 Å². The first-order valence-corrected chi connectivity index (χ1v) is 5.53. The van der Waals surface area contributed by atoms with Gasteiger partial charge in [-0.25, -0.2) is 4.98 Å². The first-order chi connectivity index (χ1) is 6.72. The van der Waals surface area contributed by atoms with Crippen LogP contribution >= 0.6 is 11.3 Å². The van der Waals surface area contributed by atoms with E-state index in [1.165, 1.54) is 4.70 Å². The molecule has 1 aromatic heterocycles. The summed E-state index contributed by atoms with van der Waals surface area (Å²) in [6.45, 7) is 4.34. The Kier molecular flexibility index (Phi) is 2.52. The second-order valence-electron chi connectivity index (χ2n) is 3.63. The number of para-hydroxylation sites is 1. The molecule has 0 aliphatic rings. The fourth-order valence-corrected chi connectivity index (χ4v) is 2.42. The molecule has 0 atom stereocenters. The van der Waals surface area contributed by atoms with Crippen LogP contribution < -0.4 is 0 Å². The van der Waals surface area contributed by atoms with E-state index >= 15 is 0 Å². The second-order valence-corrected chi connectivity index (χ2v) is 4.69. The number of aromatic nitrogens is 1. The molecule has 0 fully saturated rings. The van der Waals surface area contributed by atoms with Crippen molar-refractivity contribution in [2.24, 2.45) is 0 Å². The Labute approximate surface area is 87.2 Å². The summed E-state index contributed by atoms with van der Waals surface area (Å²) in [5.74, 6) is 0.457. The number of thiazole rings is 1. The molecule has 1 N–H and O–H groups in total. The summed E-state index contributed by atoms with van der Waals surface area (Å²) in [4.78, 5) is 4.54. The maximum absolute atomic E-state index is 9.15. The number of benzene rings is 1. The van der Waals surface area contributed by atoms with Gasteiger partial charge in [0.15, 0.2) is 0 Å². The molecule has 2 rings (SSSR count).